The van der Waals surface area contributed by atoms with E-state index in [1.807, 2.05) is 31.3 Å². The molecule has 0 aliphatic rings. The van der Waals surface area contributed by atoms with Crippen molar-refractivity contribution in [2.75, 3.05) is 11.9 Å². The van der Waals surface area contributed by atoms with Crippen molar-refractivity contribution in [2.24, 2.45) is 4.99 Å². The minimum absolute atomic E-state index is 0.335. The van der Waals surface area contributed by atoms with E-state index in [0.29, 0.717) is 23.5 Å². The Kier molecular flexibility index (Phi) is 5.38. The van der Waals surface area contributed by atoms with Gasteiger partial charge in [-0.3, -0.25) is 9.98 Å². The van der Waals surface area contributed by atoms with Gasteiger partial charge < -0.3 is 10.3 Å². The average molecular weight is 403 g/mol. The first-order chi connectivity index (χ1) is 14.6. The summed E-state index contributed by atoms with van der Waals surface area (Å²) in [4.78, 5) is 16.1. The number of fused-ring (bicyclic) bond motifs is 2. The van der Waals surface area contributed by atoms with Gasteiger partial charge in [0.25, 0.3) is 0 Å². The standard InChI is InChI=1S/C22H22FN7/c1-14-11-28-30-20(10-19(29-22(14)30)17(12-24-3)9-15(2)23)25-8-6-16-13-27-18-5-4-7-26-21(16)18/h4-5,7,9-13,25,27H,3,6,8H2,1-2H3/b15-9+,17-12+. The van der Waals surface area contributed by atoms with Crippen molar-refractivity contribution in [3.05, 3.63) is 71.7 Å². The van der Waals surface area contributed by atoms with Gasteiger partial charge in [0.2, 0.25) is 0 Å². The molecule has 0 atom stereocenters. The molecular formula is C22H22FN7. The van der Waals surface area contributed by atoms with Crippen LogP contribution in [0.1, 0.15) is 23.7 Å². The van der Waals surface area contributed by atoms with Crippen molar-refractivity contribution in [3.63, 3.8) is 0 Å². The van der Waals surface area contributed by atoms with Gasteiger partial charge in [-0.2, -0.15) is 9.61 Å². The average Bonchev–Trinajstić information content (AvgIpc) is 3.31. The summed E-state index contributed by atoms with van der Waals surface area (Å²) in [6.07, 6.45) is 9.19. The van der Waals surface area contributed by atoms with E-state index in [1.165, 1.54) is 19.2 Å². The van der Waals surface area contributed by atoms with Crippen LogP contribution < -0.4 is 5.32 Å². The number of rotatable bonds is 7. The molecule has 0 spiro atoms. The zero-order chi connectivity index (χ0) is 21.1. The monoisotopic (exact) mass is 403 g/mol. The maximum absolute atomic E-state index is 13.6. The van der Waals surface area contributed by atoms with Crippen LogP contribution in [0.3, 0.4) is 0 Å². The molecule has 0 saturated carbocycles. The minimum Gasteiger partial charge on any atom is -0.370 e. The third-order valence-corrected chi connectivity index (χ3v) is 4.74. The van der Waals surface area contributed by atoms with Crippen LogP contribution in [0.25, 0.3) is 22.3 Å². The lowest BCUT2D eigenvalue weighted by Gasteiger charge is -2.11. The van der Waals surface area contributed by atoms with Gasteiger partial charge in [0.05, 0.1) is 28.8 Å². The fourth-order valence-corrected chi connectivity index (χ4v) is 3.36. The summed E-state index contributed by atoms with van der Waals surface area (Å²) in [5.74, 6) is 0.425. The normalized spacial score (nSPS) is 12.6. The van der Waals surface area contributed by atoms with Gasteiger partial charge in [0.1, 0.15) is 5.82 Å². The van der Waals surface area contributed by atoms with Crippen molar-refractivity contribution in [1.82, 2.24) is 24.6 Å². The van der Waals surface area contributed by atoms with Crippen LogP contribution >= 0.6 is 0 Å². The second kappa shape index (κ2) is 8.28. The SMILES string of the molecule is C=N/C=C(\C=C(/C)F)c1cc(NCCc2c[nH]c3cccnc23)n2ncc(C)c2n1. The highest BCUT2D eigenvalue weighted by Crippen LogP contribution is 2.23. The lowest BCUT2D eigenvalue weighted by molar-refractivity contribution is 0.641. The molecule has 4 aromatic rings. The predicted molar refractivity (Wildman–Crippen MR) is 118 cm³/mol. The summed E-state index contributed by atoms with van der Waals surface area (Å²) < 4.78 is 15.3. The number of H-pyrrole nitrogens is 1. The molecule has 2 N–H and O–H groups in total. The van der Waals surface area contributed by atoms with E-state index < -0.39 is 0 Å². The minimum atomic E-state index is -0.335. The third kappa shape index (κ3) is 3.84. The molecule has 4 heterocycles. The lowest BCUT2D eigenvalue weighted by Crippen LogP contribution is -2.10. The van der Waals surface area contributed by atoms with Gasteiger partial charge in [0, 0.05) is 42.3 Å². The molecule has 30 heavy (non-hydrogen) atoms. The Morgan fingerprint density at radius 2 is 2.30 bits per heavy atom. The number of pyridine rings is 1. The van der Waals surface area contributed by atoms with Crippen molar-refractivity contribution >= 4 is 34.8 Å². The Balaban J connectivity index is 1.65. The molecule has 0 fully saturated rings. The second-order valence-electron chi connectivity index (χ2n) is 6.98. The fraction of sp³-hybridized carbons (Fsp3) is 0.182. The molecular weight excluding hydrogens is 381 g/mol. The maximum Gasteiger partial charge on any atom is 0.160 e. The van der Waals surface area contributed by atoms with Crippen molar-refractivity contribution < 1.29 is 4.39 Å². The van der Waals surface area contributed by atoms with Crippen molar-refractivity contribution in [1.29, 1.82) is 0 Å². The Bertz CT molecular complexity index is 1280. The molecule has 7 nitrogen and oxygen atoms in total. The predicted octanol–water partition coefficient (Wildman–Crippen LogP) is 4.48. The first-order valence-corrected chi connectivity index (χ1v) is 9.57. The van der Waals surface area contributed by atoms with Gasteiger partial charge in [-0.25, -0.2) is 9.37 Å². The number of aromatic nitrogens is 5. The van der Waals surface area contributed by atoms with Crippen LogP contribution in [0.2, 0.25) is 0 Å². The lowest BCUT2D eigenvalue weighted by atomic mass is 10.1. The highest BCUT2D eigenvalue weighted by atomic mass is 19.1. The highest BCUT2D eigenvalue weighted by Gasteiger charge is 2.12. The number of halogens is 1. The summed E-state index contributed by atoms with van der Waals surface area (Å²) in [5.41, 5.74) is 5.87. The molecule has 0 aliphatic heterocycles. The number of nitrogens with one attached hydrogen (secondary N) is 2. The number of nitrogens with zero attached hydrogens (tertiary/aromatic N) is 5. The van der Waals surface area contributed by atoms with E-state index in [9.17, 15) is 4.39 Å². The van der Waals surface area contributed by atoms with E-state index in [-0.39, 0.29) is 5.83 Å². The van der Waals surface area contributed by atoms with Crippen molar-refractivity contribution in [2.45, 2.75) is 20.3 Å². The number of anilines is 1. The van der Waals surface area contributed by atoms with Crippen LogP contribution in [0.5, 0.6) is 0 Å². The number of aromatic amines is 1. The molecule has 8 heteroatoms. The second-order valence-corrected chi connectivity index (χ2v) is 6.98. The molecule has 0 radical (unpaired) electrons. The molecule has 0 unspecified atom stereocenters. The maximum atomic E-state index is 13.6. The summed E-state index contributed by atoms with van der Waals surface area (Å²) >= 11 is 0. The summed E-state index contributed by atoms with van der Waals surface area (Å²) in [6.45, 7) is 7.46. The van der Waals surface area contributed by atoms with Crippen LogP contribution in [0.15, 0.2) is 59.9 Å². The Morgan fingerprint density at radius 3 is 3.10 bits per heavy atom. The number of aliphatic imine (C=N–C) groups is 1. The van der Waals surface area contributed by atoms with Crippen molar-refractivity contribution in [3.8, 4) is 0 Å². The largest absolute Gasteiger partial charge is 0.370 e. The highest BCUT2D eigenvalue weighted by molar-refractivity contribution is 5.78. The van der Waals surface area contributed by atoms with Gasteiger partial charge in [-0.05, 0) is 50.8 Å². The Morgan fingerprint density at radius 1 is 1.43 bits per heavy atom. The topological polar surface area (TPSA) is 83.3 Å². The van der Waals surface area contributed by atoms with E-state index >= 15 is 0 Å². The van der Waals surface area contributed by atoms with Crippen LogP contribution in [0.4, 0.5) is 10.2 Å². The number of hydrogen-bond acceptors (Lipinski definition) is 5. The number of aryl methyl sites for hydroxylation is 1. The summed E-state index contributed by atoms with van der Waals surface area (Å²) in [7, 11) is 0. The molecule has 0 aromatic carbocycles. The third-order valence-electron chi connectivity index (χ3n) is 4.74. The van der Waals surface area contributed by atoms with E-state index in [1.54, 1.807) is 16.9 Å². The van der Waals surface area contributed by atoms with Crippen LogP contribution in [-0.4, -0.2) is 37.8 Å². The molecule has 0 aliphatic carbocycles. The zero-order valence-electron chi connectivity index (χ0n) is 16.9. The van der Waals surface area contributed by atoms with Gasteiger partial charge in [-0.15, -0.1) is 0 Å². The summed E-state index contributed by atoms with van der Waals surface area (Å²) in [6, 6.07) is 5.75. The molecule has 0 saturated heterocycles. The molecule has 4 aromatic heterocycles. The number of allylic oxidation sites excluding steroid dienone is 3. The fourth-order valence-electron chi connectivity index (χ4n) is 3.36. The molecule has 0 amide bonds. The summed E-state index contributed by atoms with van der Waals surface area (Å²) in [5, 5.41) is 7.85. The first-order valence-electron chi connectivity index (χ1n) is 9.57. The molecule has 0 bridgehead atoms. The zero-order valence-corrected chi connectivity index (χ0v) is 16.9. The van der Waals surface area contributed by atoms with E-state index in [2.05, 4.69) is 37.1 Å². The van der Waals surface area contributed by atoms with E-state index in [4.69, 9.17) is 0 Å². The number of hydrogen-bond donors (Lipinski definition) is 2. The molecule has 152 valence electrons. The Hall–Kier alpha value is -3.81. The van der Waals surface area contributed by atoms with E-state index in [0.717, 1.165) is 34.4 Å². The van der Waals surface area contributed by atoms with Gasteiger partial charge in [0.15, 0.2) is 5.65 Å². The van der Waals surface area contributed by atoms with Gasteiger partial charge >= 0.3 is 0 Å². The first kappa shape index (κ1) is 19.5. The quantitative estimate of drug-likeness (QED) is 0.352. The Labute approximate surface area is 173 Å². The van der Waals surface area contributed by atoms with Crippen LogP contribution in [-0.2, 0) is 6.42 Å². The van der Waals surface area contributed by atoms with Crippen LogP contribution in [0, 0.1) is 6.92 Å². The van der Waals surface area contributed by atoms with Gasteiger partial charge in [-0.1, -0.05) is 0 Å². The molecule has 4 rings (SSSR count). The smallest absolute Gasteiger partial charge is 0.160 e.